The number of rotatable bonds is 5. The lowest BCUT2D eigenvalue weighted by Crippen LogP contribution is -2.23. The van der Waals surface area contributed by atoms with Gasteiger partial charge in [0.2, 0.25) is 0 Å². The van der Waals surface area contributed by atoms with Crippen molar-refractivity contribution < 1.29 is 9.53 Å². The van der Waals surface area contributed by atoms with Crippen molar-refractivity contribution in [1.82, 2.24) is 25.3 Å². The Bertz CT molecular complexity index is 851. The summed E-state index contributed by atoms with van der Waals surface area (Å²) < 4.78 is 5.18. The van der Waals surface area contributed by atoms with Crippen LogP contribution in [0.4, 0.5) is 0 Å². The van der Waals surface area contributed by atoms with Gasteiger partial charge in [0.05, 0.1) is 37.3 Å². The number of hydrogen-bond acceptors (Lipinski definition) is 7. The van der Waals surface area contributed by atoms with Crippen molar-refractivity contribution in [3.63, 3.8) is 0 Å². The van der Waals surface area contributed by atoms with E-state index >= 15 is 0 Å². The molecule has 3 aromatic heterocycles. The zero-order valence-corrected chi connectivity index (χ0v) is 14.0. The monoisotopic (exact) mass is 341 g/mol. The highest BCUT2D eigenvalue weighted by atomic mass is 32.1. The van der Waals surface area contributed by atoms with E-state index in [0.29, 0.717) is 23.6 Å². The summed E-state index contributed by atoms with van der Waals surface area (Å²) in [5.74, 6) is 0.211. The van der Waals surface area contributed by atoms with Gasteiger partial charge >= 0.3 is 0 Å². The zero-order chi connectivity index (χ0) is 16.9. The Balaban J connectivity index is 1.69. The summed E-state index contributed by atoms with van der Waals surface area (Å²) in [5, 5.41) is 5.50. The lowest BCUT2D eigenvalue weighted by Gasteiger charge is -2.08. The van der Waals surface area contributed by atoms with Gasteiger partial charge in [0.15, 0.2) is 0 Å². The Morgan fingerprint density at radius 1 is 1.29 bits per heavy atom. The number of carbonyl (C=O) groups excluding carboxylic acids is 1. The average molecular weight is 341 g/mol. The first-order chi connectivity index (χ1) is 11.7. The zero-order valence-electron chi connectivity index (χ0n) is 13.2. The Morgan fingerprint density at radius 3 is 2.92 bits per heavy atom. The quantitative estimate of drug-likeness (QED) is 0.765. The Labute approximate surface area is 142 Å². The van der Waals surface area contributed by atoms with Crippen molar-refractivity contribution in [2.24, 2.45) is 0 Å². The highest BCUT2D eigenvalue weighted by molar-refractivity contribution is 7.13. The molecule has 0 aliphatic heterocycles. The van der Waals surface area contributed by atoms with E-state index in [2.05, 4.69) is 25.3 Å². The Kier molecular flexibility index (Phi) is 4.76. The van der Waals surface area contributed by atoms with Gasteiger partial charge in [-0.1, -0.05) is 0 Å². The summed E-state index contributed by atoms with van der Waals surface area (Å²) in [4.78, 5) is 29.2. The van der Waals surface area contributed by atoms with Crippen LogP contribution in [-0.4, -0.2) is 33.0 Å². The molecule has 0 radical (unpaired) electrons. The van der Waals surface area contributed by atoms with E-state index in [1.165, 1.54) is 18.4 Å². The minimum atomic E-state index is -0.230. The van der Waals surface area contributed by atoms with Crippen molar-refractivity contribution in [2.75, 3.05) is 7.11 Å². The van der Waals surface area contributed by atoms with Gasteiger partial charge in [-0.25, -0.2) is 4.98 Å². The van der Waals surface area contributed by atoms with Gasteiger partial charge in [0.1, 0.15) is 16.5 Å². The number of ether oxygens (including phenoxy) is 1. The maximum Gasteiger partial charge on any atom is 0.255 e. The molecule has 0 aliphatic carbocycles. The van der Waals surface area contributed by atoms with E-state index < -0.39 is 0 Å². The number of carbonyl (C=O) groups is 1. The molecule has 0 bridgehead atoms. The molecular weight excluding hydrogens is 326 g/mol. The third-order valence-corrected chi connectivity index (χ3v) is 4.15. The predicted octanol–water partition coefficient (Wildman–Crippen LogP) is 2.24. The molecule has 1 amide bonds. The molecule has 1 N–H and O–H groups in total. The summed E-state index contributed by atoms with van der Waals surface area (Å²) in [6.07, 6.45) is 6.43. The highest BCUT2D eigenvalue weighted by Crippen LogP contribution is 2.21. The smallest absolute Gasteiger partial charge is 0.255 e. The molecule has 0 aromatic carbocycles. The van der Waals surface area contributed by atoms with Crippen LogP contribution < -0.4 is 10.1 Å². The van der Waals surface area contributed by atoms with Crippen LogP contribution in [0.25, 0.3) is 10.7 Å². The largest absolute Gasteiger partial charge is 0.494 e. The van der Waals surface area contributed by atoms with Gasteiger partial charge in [-0.05, 0) is 13.0 Å². The second kappa shape index (κ2) is 7.14. The molecule has 3 rings (SSSR count). The molecule has 3 aromatic rings. The lowest BCUT2D eigenvalue weighted by atomic mass is 10.2. The highest BCUT2D eigenvalue weighted by Gasteiger charge is 2.14. The molecule has 8 heteroatoms. The molecule has 0 fully saturated rings. The number of pyridine rings is 1. The molecule has 122 valence electrons. The standard InChI is InChI=1S/C16H15N5O2S/c1-10-5-12(14(23-2)8-19-10)15(22)20-6-11-9-24-16(21-11)13-7-17-3-4-18-13/h3-5,7-9H,6H2,1-2H3,(H,20,22). The summed E-state index contributed by atoms with van der Waals surface area (Å²) >= 11 is 1.46. The Hall–Kier alpha value is -2.87. The Morgan fingerprint density at radius 2 is 2.17 bits per heavy atom. The first-order valence-corrected chi connectivity index (χ1v) is 8.05. The van der Waals surface area contributed by atoms with Gasteiger partial charge in [-0.15, -0.1) is 11.3 Å². The number of aryl methyl sites for hydroxylation is 1. The third kappa shape index (κ3) is 3.54. The summed E-state index contributed by atoms with van der Waals surface area (Å²) in [6.45, 7) is 2.14. The van der Waals surface area contributed by atoms with E-state index in [1.807, 2.05) is 12.3 Å². The molecule has 0 atom stereocenters. The molecule has 0 spiro atoms. The van der Waals surface area contributed by atoms with Crippen molar-refractivity contribution in [3.8, 4) is 16.5 Å². The SMILES string of the molecule is COc1cnc(C)cc1C(=O)NCc1csc(-c2cnccn2)n1. The van der Waals surface area contributed by atoms with Crippen LogP contribution in [0.2, 0.25) is 0 Å². The molecule has 0 unspecified atom stereocenters. The first-order valence-electron chi connectivity index (χ1n) is 7.17. The number of thiazole rings is 1. The van der Waals surface area contributed by atoms with Crippen LogP contribution in [0.3, 0.4) is 0 Å². The predicted molar refractivity (Wildman–Crippen MR) is 89.8 cm³/mol. The number of methoxy groups -OCH3 is 1. The third-order valence-electron chi connectivity index (χ3n) is 3.23. The topological polar surface area (TPSA) is 89.9 Å². The number of nitrogens with zero attached hydrogens (tertiary/aromatic N) is 4. The maximum atomic E-state index is 12.4. The van der Waals surface area contributed by atoms with Gasteiger partial charge in [0, 0.05) is 23.5 Å². The van der Waals surface area contributed by atoms with Crippen molar-refractivity contribution >= 4 is 17.2 Å². The summed E-state index contributed by atoms with van der Waals surface area (Å²) in [5.41, 5.74) is 2.68. The summed E-state index contributed by atoms with van der Waals surface area (Å²) in [6, 6.07) is 1.69. The van der Waals surface area contributed by atoms with E-state index in [1.54, 1.807) is 30.9 Å². The van der Waals surface area contributed by atoms with Gasteiger partial charge in [-0.3, -0.25) is 19.7 Å². The lowest BCUT2D eigenvalue weighted by molar-refractivity contribution is 0.0947. The van der Waals surface area contributed by atoms with Crippen LogP contribution in [0, 0.1) is 6.92 Å². The minimum Gasteiger partial charge on any atom is -0.494 e. The molecule has 0 saturated heterocycles. The number of hydrogen-bond donors (Lipinski definition) is 1. The summed E-state index contributed by atoms with van der Waals surface area (Å²) in [7, 11) is 1.51. The second-order valence-corrected chi connectivity index (χ2v) is 5.80. The van der Waals surface area contributed by atoms with Crippen LogP contribution in [0.1, 0.15) is 21.7 Å². The van der Waals surface area contributed by atoms with E-state index in [4.69, 9.17) is 4.74 Å². The van der Waals surface area contributed by atoms with Crippen LogP contribution in [-0.2, 0) is 6.54 Å². The van der Waals surface area contributed by atoms with E-state index in [9.17, 15) is 4.79 Å². The van der Waals surface area contributed by atoms with Gasteiger partial charge < -0.3 is 10.1 Å². The normalized spacial score (nSPS) is 10.4. The fraction of sp³-hybridized carbons (Fsp3) is 0.188. The second-order valence-electron chi connectivity index (χ2n) is 4.94. The number of aromatic nitrogens is 4. The number of nitrogens with one attached hydrogen (secondary N) is 1. The van der Waals surface area contributed by atoms with Crippen molar-refractivity contribution in [2.45, 2.75) is 13.5 Å². The van der Waals surface area contributed by atoms with Crippen LogP contribution in [0.15, 0.2) is 36.2 Å². The van der Waals surface area contributed by atoms with E-state index in [0.717, 1.165) is 16.4 Å². The molecule has 0 saturated carbocycles. The van der Waals surface area contributed by atoms with Gasteiger partial charge in [-0.2, -0.15) is 0 Å². The molecule has 24 heavy (non-hydrogen) atoms. The van der Waals surface area contributed by atoms with Crippen LogP contribution in [0.5, 0.6) is 5.75 Å². The maximum absolute atomic E-state index is 12.4. The average Bonchev–Trinajstić information content (AvgIpc) is 3.09. The van der Waals surface area contributed by atoms with Crippen molar-refractivity contribution in [1.29, 1.82) is 0 Å². The minimum absolute atomic E-state index is 0.230. The van der Waals surface area contributed by atoms with Gasteiger partial charge in [0.25, 0.3) is 5.91 Å². The van der Waals surface area contributed by atoms with Crippen molar-refractivity contribution in [3.05, 3.63) is 53.2 Å². The first kappa shape index (κ1) is 16.0. The molecular formula is C16H15N5O2S. The number of amides is 1. The molecule has 3 heterocycles. The fourth-order valence-corrected chi connectivity index (χ4v) is 2.85. The van der Waals surface area contributed by atoms with E-state index in [-0.39, 0.29) is 5.91 Å². The fourth-order valence-electron chi connectivity index (χ4n) is 2.07. The molecule has 0 aliphatic rings. The van der Waals surface area contributed by atoms with Crippen LogP contribution >= 0.6 is 11.3 Å². The molecule has 7 nitrogen and oxygen atoms in total.